The standard InChI is InChI=1S/C11H20O6/c1-7(12)3-5-11(9(14)15,10(16)17)6-4-8(2)13/h7-8,12-13H,3-6H2,1-2H3,(H,14,15)(H,16,17). The van der Waals surface area contributed by atoms with Gasteiger partial charge in [-0.15, -0.1) is 0 Å². The molecule has 2 atom stereocenters. The molecule has 100 valence electrons. The van der Waals surface area contributed by atoms with E-state index in [4.69, 9.17) is 20.4 Å². The zero-order valence-corrected chi connectivity index (χ0v) is 10.1. The Labute approximate surface area is 99.9 Å². The fraction of sp³-hybridized carbons (Fsp3) is 0.818. The number of aliphatic hydroxyl groups excluding tert-OH is 2. The number of hydrogen-bond acceptors (Lipinski definition) is 4. The van der Waals surface area contributed by atoms with Crippen LogP contribution in [0.25, 0.3) is 0 Å². The van der Waals surface area contributed by atoms with Crippen molar-refractivity contribution in [2.45, 2.75) is 51.7 Å². The molecule has 0 spiro atoms. The maximum absolute atomic E-state index is 11.1. The van der Waals surface area contributed by atoms with Crippen LogP contribution in [0.2, 0.25) is 0 Å². The molecule has 0 aromatic carbocycles. The molecule has 0 rings (SSSR count). The average molecular weight is 248 g/mol. The quantitative estimate of drug-likeness (QED) is 0.464. The van der Waals surface area contributed by atoms with E-state index in [2.05, 4.69) is 0 Å². The number of carbonyl (C=O) groups is 2. The van der Waals surface area contributed by atoms with Crippen molar-refractivity contribution >= 4 is 11.9 Å². The highest BCUT2D eigenvalue weighted by atomic mass is 16.4. The van der Waals surface area contributed by atoms with Gasteiger partial charge in [-0.25, -0.2) is 0 Å². The molecule has 0 saturated heterocycles. The molecular weight excluding hydrogens is 228 g/mol. The summed E-state index contributed by atoms with van der Waals surface area (Å²) in [6, 6.07) is 0. The molecule has 17 heavy (non-hydrogen) atoms. The lowest BCUT2D eigenvalue weighted by molar-refractivity contribution is -0.166. The van der Waals surface area contributed by atoms with Crippen molar-refractivity contribution in [3.63, 3.8) is 0 Å². The lowest BCUT2D eigenvalue weighted by Crippen LogP contribution is -2.40. The molecule has 6 heteroatoms. The number of aliphatic carboxylic acids is 2. The molecule has 0 heterocycles. The predicted molar refractivity (Wildman–Crippen MR) is 59.5 cm³/mol. The number of carboxylic acids is 2. The zero-order valence-electron chi connectivity index (χ0n) is 10.1. The molecule has 0 saturated carbocycles. The van der Waals surface area contributed by atoms with E-state index in [1.54, 1.807) is 0 Å². The summed E-state index contributed by atoms with van der Waals surface area (Å²) in [5.74, 6) is -2.85. The van der Waals surface area contributed by atoms with Crippen LogP contribution in [0.1, 0.15) is 39.5 Å². The van der Waals surface area contributed by atoms with Crippen LogP contribution >= 0.6 is 0 Å². The van der Waals surface area contributed by atoms with Crippen LogP contribution in [0.3, 0.4) is 0 Å². The van der Waals surface area contributed by atoms with E-state index in [-0.39, 0.29) is 25.7 Å². The molecule has 0 aliphatic rings. The Morgan fingerprint density at radius 3 is 1.41 bits per heavy atom. The molecule has 0 amide bonds. The van der Waals surface area contributed by atoms with Crippen molar-refractivity contribution in [3.8, 4) is 0 Å². The van der Waals surface area contributed by atoms with E-state index in [1.807, 2.05) is 0 Å². The van der Waals surface area contributed by atoms with E-state index in [0.29, 0.717) is 0 Å². The number of hydrogen-bond donors (Lipinski definition) is 4. The van der Waals surface area contributed by atoms with Crippen LogP contribution in [0.4, 0.5) is 0 Å². The lowest BCUT2D eigenvalue weighted by Gasteiger charge is -2.25. The van der Waals surface area contributed by atoms with Crippen LogP contribution in [0, 0.1) is 5.41 Å². The third kappa shape index (κ3) is 4.70. The Hall–Kier alpha value is -1.14. The van der Waals surface area contributed by atoms with Gasteiger partial charge < -0.3 is 20.4 Å². The molecule has 2 unspecified atom stereocenters. The molecule has 4 N–H and O–H groups in total. The minimum Gasteiger partial charge on any atom is -0.480 e. The molecule has 6 nitrogen and oxygen atoms in total. The van der Waals surface area contributed by atoms with Gasteiger partial charge in [0.2, 0.25) is 0 Å². The molecule has 0 bridgehead atoms. The molecular formula is C11H20O6. The van der Waals surface area contributed by atoms with E-state index in [9.17, 15) is 9.59 Å². The predicted octanol–water partition coefficient (Wildman–Crippen LogP) is 0.464. The van der Waals surface area contributed by atoms with Crippen LogP contribution in [-0.4, -0.2) is 44.6 Å². The summed E-state index contributed by atoms with van der Waals surface area (Å²) in [6.07, 6.45) is -1.61. The van der Waals surface area contributed by atoms with E-state index in [0.717, 1.165) is 0 Å². The number of rotatable bonds is 8. The summed E-state index contributed by atoms with van der Waals surface area (Å²) < 4.78 is 0. The van der Waals surface area contributed by atoms with Gasteiger partial charge in [0, 0.05) is 0 Å². The Kier molecular flexibility index (Phi) is 6.12. The Morgan fingerprint density at radius 1 is 0.941 bits per heavy atom. The molecule has 0 aromatic rings. The van der Waals surface area contributed by atoms with Gasteiger partial charge in [0.05, 0.1) is 12.2 Å². The second kappa shape index (κ2) is 6.56. The highest BCUT2D eigenvalue weighted by Gasteiger charge is 2.45. The van der Waals surface area contributed by atoms with Crippen molar-refractivity contribution in [1.29, 1.82) is 0 Å². The van der Waals surface area contributed by atoms with Gasteiger partial charge >= 0.3 is 11.9 Å². The second-order valence-electron chi connectivity index (χ2n) is 4.47. The van der Waals surface area contributed by atoms with Crippen LogP contribution in [0.15, 0.2) is 0 Å². The normalized spacial score (nSPS) is 15.3. The van der Waals surface area contributed by atoms with Crippen molar-refractivity contribution < 1.29 is 30.0 Å². The largest absolute Gasteiger partial charge is 0.480 e. The fourth-order valence-corrected chi connectivity index (χ4v) is 1.55. The first-order valence-electron chi connectivity index (χ1n) is 5.55. The molecule has 0 aliphatic carbocycles. The summed E-state index contributed by atoms with van der Waals surface area (Å²) in [5.41, 5.74) is -1.92. The van der Waals surface area contributed by atoms with E-state index in [1.165, 1.54) is 13.8 Å². The first-order valence-corrected chi connectivity index (χ1v) is 5.55. The summed E-state index contributed by atoms with van der Waals surface area (Å²) in [5, 5.41) is 36.4. The minimum absolute atomic E-state index is 0.0956. The zero-order chi connectivity index (χ0) is 13.6. The lowest BCUT2D eigenvalue weighted by atomic mass is 9.78. The van der Waals surface area contributed by atoms with Gasteiger partial charge in [0.1, 0.15) is 0 Å². The number of aliphatic hydroxyl groups is 2. The van der Waals surface area contributed by atoms with Gasteiger partial charge in [0.15, 0.2) is 5.41 Å². The van der Waals surface area contributed by atoms with Crippen LogP contribution in [-0.2, 0) is 9.59 Å². The van der Waals surface area contributed by atoms with Gasteiger partial charge in [0.25, 0.3) is 0 Å². The van der Waals surface area contributed by atoms with E-state index >= 15 is 0 Å². The smallest absolute Gasteiger partial charge is 0.321 e. The molecule has 0 radical (unpaired) electrons. The minimum atomic E-state index is -1.92. The summed E-state index contributed by atoms with van der Waals surface area (Å²) >= 11 is 0. The first-order chi connectivity index (χ1) is 7.72. The Morgan fingerprint density at radius 2 is 1.24 bits per heavy atom. The molecule has 0 aliphatic heterocycles. The summed E-state index contributed by atoms with van der Waals surface area (Å²) in [7, 11) is 0. The molecule has 0 aromatic heterocycles. The van der Waals surface area contributed by atoms with Gasteiger partial charge in [-0.3, -0.25) is 9.59 Å². The second-order valence-corrected chi connectivity index (χ2v) is 4.47. The first kappa shape index (κ1) is 15.9. The number of carboxylic acid groups (broad SMARTS) is 2. The van der Waals surface area contributed by atoms with Crippen molar-refractivity contribution in [2.75, 3.05) is 0 Å². The van der Waals surface area contributed by atoms with Crippen LogP contribution < -0.4 is 0 Å². The van der Waals surface area contributed by atoms with Gasteiger partial charge in [-0.05, 0) is 39.5 Å². The Bertz CT molecular complexity index is 243. The average Bonchev–Trinajstić information content (AvgIpc) is 2.16. The third-order valence-corrected chi connectivity index (χ3v) is 2.80. The highest BCUT2D eigenvalue weighted by molar-refractivity contribution is 5.98. The van der Waals surface area contributed by atoms with Crippen molar-refractivity contribution in [1.82, 2.24) is 0 Å². The monoisotopic (exact) mass is 248 g/mol. The van der Waals surface area contributed by atoms with Crippen molar-refractivity contribution in [3.05, 3.63) is 0 Å². The molecule has 0 fully saturated rings. The third-order valence-electron chi connectivity index (χ3n) is 2.80. The maximum atomic E-state index is 11.1. The Balaban J connectivity index is 4.87. The fourth-order valence-electron chi connectivity index (χ4n) is 1.55. The maximum Gasteiger partial charge on any atom is 0.321 e. The van der Waals surface area contributed by atoms with Gasteiger partial charge in [-0.2, -0.15) is 0 Å². The van der Waals surface area contributed by atoms with E-state index < -0.39 is 29.6 Å². The van der Waals surface area contributed by atoms with Crippen molar-refractivity contribution in [2.24, 2.45) is 5.41 Å². The topological polar surface area (TPSA) is 115 Å². The van der Waals surface area contributed by atoms with Crippen LogP contribution in [0.5, 0.6) is 0 Å². The van der Waals surface area contributed by atoms with Gasteiger partial charge in [-0.1, -0.05) is 0 Å². The highest BCUT2D eigenvalue weighted by Crippen LogP contribution is 2.32. The SMILES string of the molecule is CC(O)CCC(CCC(C)O)(C(=O)O)C(=O)O. The summed E-state index contributed by atoms with van der Waals surface area (Å²) in [4.78, 5) is 22.3. The summed E-state index contributed by atoms with van der Waals surface area (Å²) in [6.45, 7) is 2.95.